The Kier molecular flexibility index (Phi) is 22.3. The summed E-state index contributed by atoms with van der Waals surface area (Å²) >= 11 is 0. The van der Waals surface area contributed by atoms with Crippen molar-refractivity contribution in [1.82, 2.24) is 0 Å². The number of hydrogen-bond acceptors (Lipinski definition) is 28. The zero-order valence-corrected chi connectivity index (χ0v) is 52.4. The minimum atomic E-state index is -1.93. The van der Waals surface area contributed by atoms with Crippen molar-refractivity contribution in [2.75, 3.05) is 33.0 Å². The topological polar surface area (TPSA) is 456 Å². The molecule has 0 spiro atoms. The zero-order valence-electron chi connectivity index (χ0n) is 52.4. The molecule has 89 heavy (non-hydrogen) atoms. The highest BCUT2D eigenvalue weighted by atomic mass is 16.8. The van der Waals surface area contributed by atoms with Crippen LogP contribution in [0.4, 0.5) is 0 Å². The quantitative estimate of drug-likeness (QED) is 0.0515. The van der Waals surface area contributed by atoms with Crippen molar-refractivity contribution in [3.05, 3.63) is 11.6 Å². The molecule has 3 saturated carbocycles. The van der Waals surface area contributed by atoms with E-state index in [0.29, 0.717) is 32.1 Å². The minimum Gasteiger partial charge on any atom is -0.394 e. The molecule has 4 aliphatic carbocycles. The lowest BCUT2D eigenvalue weighted by Gasteiger charge is -2.67. The molecule has 516 valence electrons. The number of fused-ring (bicyclic) bond motifs is 5. The van der Waals surface area contributed by atoms with Crippen LogP contribution >= 0.6 is 0 Å². The van der Waals surface area contributed by atoms with Gasteiger partial charge in [-0.3, -0.25) is 0 Å². The lowest BCUT2D eigenvalue weighted by Crippen LogP contribution is -2.66. The normalized spacial score (nSPS) is 51.8. The monoisotopic (exact) mass is 1280 g/mol. The Morgan fingerprint density at radius 3 is 1.61 bits per heavy atom. The smallest absolute Gasteiger partial charge is 0.187 e. The summed E-state index contributed by atoms with van der Waals surface area (Å²) in [6.07, 6.45) is -34.1. The van der Waals surface area contributed by atoms with Gasteiger partial charge in [0, 0.05) is 16.7 Å². The van der Waals surface area contributed by atoms with E-state index in [1.54, 1.807) is 0 Å². The molecule has 0 aromatic carbocycles. The van der Waals surface area contributed by atoms with Crippen molar-refractivity contribution in [2.45, 2.75) is 285 Å². The fourth-order valence-corrected chi connectivity index (χ4v) is 17.3. The fourth-order valence-electron chi connectivity index (χ4n) is 17.3. The second-order valence-electron chi connectivity index (χ2n) is 29.0. The van der Waals surface area contributed by atoms with Crippen LogP contribution in [0.5, 0.6) is 0 Å². The molecule has 28 heteroatoms. The van der Waals surface area contributed by atoms with Gasteiger partial charge in [-0.2, -0.15) is 0 Å². The molecule has 0 aromatic rings. The largest absolute Gasteiger partial charge is 0.394 e. The lowest BCUT2D eigenvalue weighted by molar-refractivity contribution is -0.380. The van der Waals surface area contributed by atoms with Crippen molar-refractivity contribution in [1.29, 1.82) is 0 Å². The molecule has 5 heterocycles. The lowest BCUT2D eigenvalue weighted by atomic mass is 9.38. The summed E-state index contributed by atoms with van der Waals surface area (Å²) in [7, 11) is 0. The summed E-state index contributed by atoms with van der Waals surface area (Å²) in [5.41, 5.74) is -2.46. The van der Waals surface area contributed by atoms with Gasteiger partial charge in [0.25, 0.3) is 0 Å². The van der Waals surface area contributed by atoms with Crippen molar-refractivity contribution in [3.63, 3.8) is 0 Å². The molecule has 0 aromatic heterocycles. The summed E-state index contributed by atoms with van der Waals surface area (Å²) in [5.74, 6) is -0.791. The Labute approximate surface area is 518 Å². The van der Waals surface area contributed by atoms with Crippen LogP contribution in [0.2, 0.25) is 0 Å². The van der Waals surface area contributed by atoms with Crippen LogP contribution in [0.25, 0.3) is 0 Å². The molecule has 0 amide bonds. The van der Waals surface area contributed by atoms with Gasteiger partial charge in [-0.15, -0.1) is 0 Å². The molecular weight excluding hydrogens is 1180 g/mol. The second-order valence-corrected chi connectivity index (χ2v) is 29.0. The predicted octanol–water partition coefficient (Wildman–Crippen LogP) is -4.13. The number of rotatable bonds is 20. The first-order valence-electron chi connectivity index (χ1n) is 31.9. The van der Waals surface area contributed by atoms with Gasteiger partial charge >= 0.3 is 0 Å². The van der Waals surface area contributed by atoms with E-state index in [-0.39, 0.29) is 40.9 Å². The van der Waals surface area contributed by atoms with Crippen LogP contribution in [0, 0.1) is 51.2 Å². The van der Waals surface area contributed by atoms with Gasteiger partial charge in [0.05, 0.1) is 63.1 Å². The molecule has 5 aliphatic heterocycles. The van der Waals surface area contributed by atoms with Gasteiger partial charge in [-0.1, -0.05) is 60.1 Å². The third-order valence-corrected chi connectivity index (χ3v) is 23.3. The summed E-state index contributed by atoms with van der Waals surface area (Å²) in [4.78, 5) is 0. The number of hydrogen-bond donors (Lipinski definition) is 18. The highest BCUT2D eigenvalue weighted by Gasteiger charge is 2.71. The van der Waals surface area contributed by atoms with Gasteiger partial charge in [0.15, 0.2) is 31.5 Å². The Hall–Kier alpha value is -1.38. The maximum atomic E-state index is 12.9. The maximum absolute atomic E-state index is 12.9. The molecule has 8 fully saturated rings. The molecule has 18 N–H and O–H groups in total. The van der Waals surface area contributed by atoms with Gasteiger partial charge in [-0.05, 0) is 99.7 Å². The summed E-state index contributed by atoms with van der Waals surface area (Å²) in [5, 5.41) is 196. The van der Waals surface area contributed by atoms with E-state index in [2.05, 4.69) is 33.8 Å². The number of aliphatic hydroxyl groups excluding tert-OH is 17. The average molecular weight is 1290 g/mol. The van der Waals surface area contributed by atoms with E-state index >= 15 is 0 Å². The molecule has 3 unspecified atom stereocenters. The molecule has 0 radical (unpaired) electrons. The third-order valence-electron chi connectivity index (χ3n) is 23.3. The van der Waals surface area contributed by atoms with Gasteiger partial charge < -0.3 is 139 Å². The summed E-state index contributed by atoms with van der Waals surface area (Å²) < 4.78 is 60.1. The zero-order chi connectivity index (χ0) is 65.5. The van der Waals surface area contributed by atoms with E-state index < -0.39 is 221 Å². The Bertz CT molecular complexity index is 2340. The first-order chi connectivity index (χ1) is 41.7. The molecule has 5 saturated heterocycles. The first kappa shape index (κ1) is 71.9. The van der Waals surface area contributed by atoms with Crippen LogP contribution in [0.15, 0.2) is 11.6 Å². The van der Waals surface area contributed by atoms with E-state index in [4.69, 9.17) is 47.4 Å². The van der Waals surface area contributed by atoms with Crippen molar-refractivity contribution < 1.29 is 139 Å². The highest BCUT2D eigenvalue weighted by molar-refractivity contribution is 5.32. The van der Waals surface area contributed by atoms with E-state index in [1.807, 2.05) is 13.8 Å². The second kappa shape index (κ2) is 27.6. The van der Waals surface area contributed by atoms with Crippen molar-refractivity contribution >= 4 is 0 Å². The molecule has 9 rings (SSSR count). The van der Waals surface area contributed by atoms with Crippen LogP contribution in [0.1, 0.15) is 114 Å². The van der Waals surface area contributed by atoms with Gasteiger partial charge in [-0.25, -0.2) is 0 Å². The fraction of sp³-hybridized carbons (Fsp3) is 0.967. The number of allylic oxidation sites excluding steroid dienone is 1. The molecule has 0 bridgehead atoms. The minimum absolute atomic E-state index is 0.0215. The van der Waals surface area contributed by atoms with Gasteiger partial charge in [0.2, 0.25) is 0 Å². The van der Waals surface area contributed by atoms with E-state index in [9.17, 15) is 91.9 Å². The van der Waals surface area contributed by atoms with E-state index in [1.165, 1.54) is 20.8 Å². The first-order valence-corrected chi connectivity index (χ1v) is 31.9. The predicted molar refractivity (Wildman–Crippen MR) is 303 cm³/mol. The third kappa shape index (κ3) is 13.0. The molecule has 35 atom stereocenters. The average Bonchev–Trinajstić information content (AvgIpc) is 1.66. The molecule has 9 aliphatic rings. The number of aliphatic hydroxyl groups is 18. The van der Waals surface area contributed by atoms with Crippen LogP contribution < -0.4 is 0 Å². The maximum Gasteiger partial charge on any atom is 0.187 e. The van der Waals surface area contributed by atoms with Crippen molar-refractivity contribution in [2.24, 2.45) is 51.2 Å². The molecule has 28 nitrogen and oxygen atoms in total. The summed E-state index contributed by atoms with van der Waals surface area (Å²) in [6, 6.07) is 0. The Morgan fingerprint density at radius 1 is 0.539 bits per heavy atom. The van der Waals surface area contributed by atoms with Crippen LogP contribution in [0.3, 0.4) is 0 Å². The Balaban J connectivity index is 0.896. The van der Waals surface area contributed by atoms with E-state index in [0.717, 1.165) is 18.4 Å². The standard InChI is InChI=1S/C61H104O28/c1-24(10-14-37(58(5,6)79)87-56-51(89-54-48(77)45(74)41(70)31(21-64)83-54)46(75)42(71)33(85-56)23-80-52-39(68)25(2)38(67)29(19-62)81-52)26-16-17-59(7)34-13-11-27-28(61(34,9)35(66)18-60(26,59)8)12-15-36(57(27,3)4)86-55-49(78)50(43(72)32(22-65)84-55)88-53-47(76)44(73)40(69)30(20-63)82-53/h11,24-26,28-56,62-79H,10,12-23H2,1-9H3/t24-,25+,26?,28?,29-,30-,31+,32-,33-,34?,35-,36+,37-,38+,39-,40-,41+,42-,43-,44+,45-,46+,47-,48+,49-,50+,51-,52-,53+,54-,55+,56+,59+,60-,61+/m1/s1. The molecular formula is C61H104O28. The summed E-state index contributed by atoms with van der Waals surface area (Å²) in [6.45, 7) is 14.3. The van der Waals surface area contributed by atoms with Crippen molar-refractivity contribution in [3.8, 4) is 0 Å². The van der Waals surface area contributed by atoms with Crippen LogP contribution in [-0.4, -0.2) is 296 Å². The van der Waals surface area contributed by atoms with Crippen LogP contribution in [-0.2, 0) is 47.4 Å². The SMILES string of the molecule is C[C@@H]1[C@@H](O)[C@H](OC[C@H]2O[C@@H](O[C@H](CC[C@@H](C)C3CC[C@@]4(C)C5CC=C6C(CC[C@H](O[C@@H]7O[C@H](CO)[C@@H](O)[C@H](O[C@@H]8O[C@H](CO)[C@@H](O)[C@H](O)[C@H]8O)[C@H]7O)C6(C)C)[C@]5(C)[C@H](O)C[C@]34C)C(C)(C)O)[C@H](O[C@H]3O[C@@H](CO)[C@H](O)[C@@H](O)[C@@H]3O)[C@@H](O)[C@@H]2O)O[C@H](CO)[C@H]1O. The number of ether oxygens (including phenoxy) is 10. The highest BCUT2D eigenvalue weighted by Crippen LogP contribution is 2.75. The van der Waals surface area contributed by atoms with Gasteiger partial charge in [0.1, 0.15) is 110 Å². The Morgan fingerprint density at radius 2 is 1.04 bits per heavy atom.